The van der Waals surface area contributed by atoms with Gasteiger partial charge in [0.2, 0.25) is 11.7 Å². The Morgan fingerprint density at radius 1 is 1.10 bits per heavy atom. The molecule has 162 valence electrons. The quantitative estimate of drug-likeness (QED) is 0.545. The zero-order valence-electron chi connectivity index (χ0n) is 18.0. The Hall–Kier alpha value is -2.73. The SMILES string of the molecule is CCC(C)C(C(=O)N1CCC(c2ccc(Cl)cc2)CC1)n1nnc(-c2ccccc2)n1. The van der Waals surface area contributed by atoms with Crippen LogP contribution in [0.1, 0.15) is 50.6 Å². The summed E-state index contributed by atoms with van der Waals surface area (Å²) in [5.74, 6) is 1.20. The Bertz CT molecular complexity index is 996. The number of rotatable bonds is 6. The zero-order chi connectivity index (χ0) is 21.8. The average Bonchev–Trinajstić information content (AvgIpc) is 3.30. The summed E-state index contributed by atoms with van der Waals surface area (Å²) in [5.41, 5.74) is 2.19. The number of hydrogen-bond acceptors (Lipinski definition) is 4. The van der Waals surface area contributed by atoms with E-state index < -0.39 is 6.04 Å². The van der Waals surface area contributed by atoms with Crippen LogP contribution in [0, 0.1) is 5.92 Å². The van der Waals surface area contributed by atoms with Gasteiger partial charge in [0.25, 0.3) is 0 Å². The highest BCUT2D eigenvalue weighted by Gasteiger charge is 2.34. The van der Waals surface area contributed by atoms with Gasteiger partial charge in [-0.3, -0.25) is 4.79 Å². The molecule has 4 rings (SSSR count). The van der Waals surface area contributed by atoms with Gasteiger partial charge in [-0.15, -0.1) is 10.2 Å². The fourth-order valence-electron chi connectivity index (χ4n) is 4.19. The van der Waals surface area contributed by atoms with E-state index in [4.69, 9.17) is 11.6 Å². The number of carbonyl (C=O) groups excluding carboxylic acids is 1. The van der Waals surface area contributed by atoms with Crippen LogP contribution < -0.4 is 0 Å². The van der Waals surface area contributed by atoms with Crippen LogP contribution in [-0.2, 0) is 4.79 Å². The van der Waals surface area contributed by atoms with Gasteiger partial charge in [0, 0.05) is 23.7 Å². The van der Waals surface area contributed by atoms with Gasteiger partial charge in [-0.05, 0) is 47.6 Å². The largest absolute Gasteiger partial charge is 0.341 e. The number of nitrogens with zero attached hydrogens (tertiary/aromatic N) is 5. The lowest BCUT2D eigenvalue weighted by atomic mass is 9.88. The van der Waals surface area contributed by atoms with Gasteiger partial charge in [-0.1, -0.05) is 74.3 Å². The Balaban J connectivity index is 1.48. The molecule has 2 heterocycles. The van der Waals surface area contributed by atoms with E-state index in [2.05, 4.69) is 41.4 Å². The molecule has 0 spiro atoms. The number of tetrazole rings is 1. The van der Waals surface area contributed by atoms with E-state index in [1.807, 2.05) is 47.4 Å². The van der Waals surface area contributed by atoms with Gasteiger partial charge >= 0.3 is 0 Å². The van der Waals surface area contributed by atoms with Gasteiger partial charge in [0.1, 0.15) is 0 Å². The summed E-state index contributed by atoms with van der Waals surface area (Å²) in [4.78, 5) is 17.0. The summed E-state index contributed by atoms with van der Waals surface area (Å²) in [5, 5.41) is 13.8. The lowest BCUT2D eigenvalue weighted by Crippen LogP contribution is -2.44. The smallest absolute Gasteiger partial charge is 0.249 e. The maximum absolute atomic E-state index is 13.5. The molecule has 1 fully saturated rings. The predicted octanol–water partition coefficient (Wildman–Crippen LogP) is 4.99. The van der Waals surface area contributed by atoms with Crippen LogP contribution in [0.5, 0.6) is 0 Å². The fraction of sp³-hybridized carbons (Fsp3) is 0.417. The van der Waals surface area contributed by atoms with E-state index in [-0.39, 0.29) is 11.8 Å². The van der Waals surface area contributed by atoms with Gasteiger partial charge in [0.05, 0.1) is 0 Å². The topological polar surface area (TPSA) is 63.9 Å². The maximum atomic E-state index is 13.5. The Labute approximate surface area is 188 Å². The second-order valence-corrected chi connectivity index (χ2v) is 8.72. The summed E-state index contributed by atoms with van der Waals surface area (Å²) in [6, 6.07) is 17.4. The highest BCUT2D eigenvalue weighted by atomic mass is 35.5. The number of likely N-dealkylation sites (tertiary alicyclic amines) is 1. The van der Waals surface area contributed by atoms with Gasteiger partial charge in [-0.2, -0.15) is 4.80 Å². The predicted molar refractivity (Wildman–Crippen MR) is 122 cm³/mol. The number of aromatic nitrogens is 4. The number of piperidine rings is 1. The summed E-state index contributed by atoms with van der Waals surface area (Å²) in [6.45, 7) is 5.64. The summed E-state index contributed by atoms with van der Waals surface area (Å²) in [7, 11) is 0. The number of benzene rings is 2. The van der Waals surface area contributed by atoms with E-state index in [0.29, 0.717) is 11.7 Å². The van der Waals surface area contributed by atoms with Crippen molar-refractivity contribution in [3.05, 3.63) is 65.2 Å². The molecule has 1 saturated heterocycles. The minimum absolute atomic E-state index is 0.0842. The van der Waals surface area contributed by atoms with E-state index >= 15 is 0 Å². The van der Waals surface area contributed by atoms with E-state index in [1.165, 1.54) is 10.4 Å². The number of carbonyl (C=O) groups is 1. The second-order valence-electron chi connectivity index (χ2n) is 8.28. The average molecular weight is 438 g/mol. The van der Waals surface area contributed by atoms with Crippen LogP contribution in [0.25, 0.3) is 11.4 Å². The van der Waals surface area contributed by atoms with Crippen molar-refractivity contribution in [3.63, 3.8) is 0 Å². The molecule has 6 nitrogen and oxygen atoms in total. The van der Waals surface area contributed by atoms with E-state index in [9.17, 15) is 4.79 Å². The molecular formula is C24H28ClN5O. The molecule has 7 heteroatoms. The lowest BCUT2D eigenvalue weighted by Gasteiger charge is -2.35. The third-order valence-corrected chi connectivity index (χ3v) is 6.55. The van der Waals surface area contributed by atoms with E-state index in [0.717, 1.165) is 42.9 Å². The van der Waals surface area contributed by atoms with Crippen molar-refractivity contribution >= 4 is 17.5 Å². The standard InChI is InChI=1S/C24H28ClN5O/c1-3-17(2)22(30-27-23(26-28-30)20-7-5-4-6-8-20)24(31)29-15-13-19(14-16-29)18-9-11-21(25)12-10-18/h4-12,17,19,22H,3,13-16H2,1-2H3. The Kier molecular flexibility index (Phi) is 6.66. The van der Waals surface area contributed by atoms with Crippen molar-refractivity contribution in [2.45, 2.75) is 45.1 Å². The summed E-state index contributed by atoms with van der Waals surface area (Å²) in [6.07, 6.45) is 2.75. The van der Waals surface area contributed by atoms with Crippen LogP contribution in [0.4, 0.5) is 0 Å². The first-order chi connectivity index (χ1) is 15.1. The molecule has 0 N–H and O–H groups in total. The molecule has 0 radical (unpaired) electrons. The number of halogens is 1. The van der Waals surface area contributed by atoms with Crippen LogP contribution in [0.3, 0.4) is 0 Å². The summed E-state index contributed by atoms with van der Waals surface area (Å²) < 4.78 is 0. The molecule has 2 aromatic carbocycles. The lowest BCUT2D eigenvalue weighted by molar-refractivity contribution is -0.138. The minimum Gasteiger partial charge on any atom is -0.341 e. The molecule has 0 aliphatic carbocycles. The van der Waals surface area contributed by atoms with Crippen LogP contribution in [0.15, 0.2) is 54.6 Å². The molecule has 0 bridgehead atoms. The zero-order valence-corrected chi connectivity index (χ0v) is 18.7. The van der Waals surface area contributed by atoms with Crippen molar-refractivity contribution in [2.75, 3.05) is 13.1 Å². The highest BCUT2D eigenvalue weighted by Crippen LogP contribution is 2.31. The third kappa shape index (κ3) is 4.79. The molecule has 1 aromatic heterocycles. The normalized spacial score (nSPS) is 16.8. The van der Waals surface area contributed by atoms with Crippen LogP contribution in [-0.4, -0.2) is 44.1 Å². The molecule has 31 heavy (non-hydrogen) atoms. The number of amides is 1. The molecular weight excluding hydrogens is 410 g/mol. The molecule has 1 aliphatic heterocycles. The second kappa shape index (κ2) is 9.60. The summed E-state index contributed by atoms with van der Waals surface area (Å²) >= 11 is 6.02. The molecule has 1 aliphatic rings. The van der Waals surface area contributed by atoms with Gasteiger partial charge in [0.15, 0.2) is 6.04 Å². The molecule has 2 unspecified atom stereocenters. The van der Waals surface area contributed by atoms with Crippen molar-refractivity contribution in [1.29, 1.82) is 0 Å². The van der Waals surface area contributed by atoms with Crippen molar-refractivity contribution in [3.8, 4) is 11.4 Å². The first-order valence-electron chi connectivity index (χ1n) is 11.0. The van der Waals surface area contributed by atoms with Gasteiger partial charge in [-0.25, -0.2) is 0 Å². The van der Waals surface area contributed by atoms with Crippen molar-refractivity contribution < 1.29 is 4.79 Å². The van der Waals surface area contributed by atoms with Gasteiger partial charge < -0.3 is 4.90 Å². The molecule has 0 saturated carbocycles. The first-order valence-corrected chi connectivity index (χ1v) is 11.3. The third-order valence-electron chi connectivity index (χ3n) is 6.29. The molecule has 3 aromatic rings. The maximum Gasteiger partial charge on any atom is 0.249 e. The fourth-order valence-corrected chi connectivity index (χ4v) is 4.32. The van der Waals surface area contributed by atoms with Crippen LogP contribution >= 0.6 is 11.6 Å². The number of hydrogen-bond donors (Lipinski definition) is 0. The van der Waals surface area contributed by atoms with Crippen molar-refractivity contribution in [1.82, 2.24) is 25.1 Å². The minimum atomic E-state index is -0.443. The Morgan fingerprint density at radius 3 is 2.42 bits per heavy atom. The Morgan fingerprint density at radius 2 is 1.77 bits per heavy atom. The van der Waals surface area contributed by atoms with Crippen LogP contribution in [0.2, 0.25) is 5.02 Å². The monoisotopic (exact) mass is 437 g/mol. The highest BCUT2D eigenvalue weighted by molar-refractivity contribution is 6.30. The molecule has 2 atom stereocenters. The first kappa shape index (κ1) is 21.5. The van der Waals surface area contributed by atoms with Crippen molar-refractivity contribution in [2.24, 2.45) is 5.92 Å². The molecule has 1 amide bonds. The van der Waals surface area contributed by atoms with E-state index in [1.54, 1.807) is 0 Å².